The Kier molecular flexibility index (Phi) is 4.92. The summed E-state index contributed by atoms with van der Waals surface area (Å²) in [4.78, 5) is 12.7. The highest BCUT2D eigenvalue weighted by atomic mass is 16.4. The van der Waals surface area contributed by atoms with Gasteiger partial charge in [0.25, 0.3) is 0 Å². The van der Waals surface area contributed by atoms with E-state index >= 15 is 0 Å². The molecule has 1 aromatic heterocycles. The van der Waals surface area contributed by atoms with Crippen molar-refractivity contribution in [2.75, 3.05) is 11.4 Å². The van der Waals surface area contributed by atoms with E-state index in [0.717, 1.165) is 11.3 Å². The topological polar surface area (TPSA) is 79.5 Å². The van der Waals surface area contributed by atoms with Gasteiger partial charge in [-0.3, -0.25) is 4.79 Å². The Morgan fingerprint density at radius 2 is 1.90 bits per heavy atom. The number of hydrogen-bond acceptors (Lipinski definition) is 5. The number of carbonyl (C=O) groups is 1. The molecule has 0 amide bonds. The molecule has 1 N–H and O–H groups in total. The summed E-state index contributed by atoms with van der Waals surface area (Å²) in [7, 11) is 0. The van der Waals surface area contributed by atoms with Gasteiger partial charge in [-0.1, -0.05) is 24.6 Å². The van der Waals surface area contributed by atoms with Gasteiger partial charge in [0.1, 0.15) is 0 Å². The van der Waals surface area contributed by atoms with Gasteiger partial charge in [-0.05, 0) is 19.1 Å². The molecule has 0 bridgehead atoms. The fourth-order valence-electron chi connectivity index (χ4n) is 1.94. The Labute approximate surface area is 123 Å². The average molecular weight is 289 g/mol. The molecule has 112 valence electrons. The molecule has 0 aliphatic carbocycles. The fraction of sp³-hybridized carbons (Fsp3) is 0.400. The van der Waals surface area contributed by atoms with Gasteiger partial charge in [-0.25, -0.2) is 0 Å². The number of aromatic nitrogens is 2. The van der Waals surface area contributed by atoms with E-state index in [1.54, 1.807) is 0 Å². The van der Waals surface area contributed by atoms with Crippen LogP contribution in [-0.4, -0.2) is 27.8 Å². The number of nitrogens with zero attached hydrogens (tertiary/aromatic N) is 3. The highest BCUT2D eigenvalue weighted by Gasteiger charge is 2.13. The number of carboxylic acid groups (broad SMARTS) is 1. The van der Waals surface area contributed by atoms with Crippen LogP contribution in [0.3, 0.4) is 0 Å². The first-order valence-electron chi connectivity index (χ1n) is 6.93. The van der Waals surface area contributed by atoms with Crippen LogP contribution in [0.15, 0.2) is 28.7 Å². The SMILES string of the molecule is CCc1nnc(CN(CCC(=O)O)c2ccc(C)cc2)o1. The summed E-state index contributed by atoms with van der Waals surface area (Å²) in [5, 5.41) is 16.8. The van der Waals surface area contributed by atoms with Crippen molar-refractivity contribution in [1.82, 2.24) is 10.2 Å². The Hall–Kier alpha value is -2.37. The van der Waals surface area contributed by atoms with E-state index in [4.69, 9.17) is 9.52 Å². The van der Waals surface area contributed by atoms with Gasteiger partial charge in [0, 0.05) is 18.7 Å². The molecule has 0 aliphatic heterocycles. The lowest BCUT2D eigenvalue weighted by atomic mass is 10.2. The van der Waals surface area contributed by atoms with Crippen molar-refractivity contribution in [2.45, 2.75) is 33.2 Å². The molecule has 0 saturated carbocycles. The molecule has 2 aromatic rings. The Morgan fingerprint density at radius 3 is 2.48 bits per heavy atom. The van der Waals surface area contributed by atoms with E-state index < -0.39 is 5.97 Å². The van der Waals surface area contributed by atoms with Crippen LogP contribution in [0.1, 0.15) is 30.7 Å². The van der Waals surface area contributed by atoms with E-state index in [9.17, 15) is 4.79 Å². The van der Waals surface area contributed by atoms with Gasteiger partial charge in [-0.2, -0.15) is 0 Å². The normalized spacial score (nSPS) is 10.6. The largest absolute Gasteiger partial charge is 0.481 e. The second-order valence-corrected chi connectivity index (χ2v) is 4.84. The summed E-state index contributed by atoms with van der Waals surface area (Å²) in [6, 6.07) is 7.92. The molecule has 2 rings (SSSR count). The molecule has 0 spiro atoms. The van der Waals surface area contributed by atoms with Gasteiger partial charge >= 0.3 is 5.97 Å². The van der Waals surface area contributed by atoms with Crippen LogP contribution in [0.5, 0.6) is 0 Å². The van der Waals surface area contributed by atoms with Crippen molar-refractivity contribution < 1.29 is 14.3 Å². The van der Waals surface area contributed by atoms with Gasteiger partial charge < -0.3 is 14.4 Å². The minimum atomic E-state index is -0.827. The molecular formula is C15H19N3O3. The van der Waals surface area contributed by atoms with Crippen molar-refractivity contribution in [3.63, 3.8) is 0 Å². The van der Waals surface area contributed by atoms with Crippen molar-refractivity contribution in [2.24, 2.45) is 0 Å². The number of aryl methyl sites for hydroxylation is 2. The molecule has 6 heteroatoms. The molecule has 0 fully saturated rings. The van der Waals surface area contributed by atoms with Crippen molar-refractivity contribution >= 4 is 11.7 Å². The zero-order chi connectivity index (χ0) is 15.2. The van der Waals surface area contributed by atoms with Crippen molar-refractivity contribution in [3.05, 3.63) is 41.6 Å². The smallest absolute Gasteiger partial charge is 0.305 e. The zero-order valence-corrected chi connectivity index (χ0v) is 12.2. The lowest BCUT2D eigenvalue weighted by molar-refractivity contribution is -0.136. The van der Waals surface area contributed by atoms with Gasteiger partial charge in [0.05, 0.1) is 13.0 Å². The van der Waals surface area contributed by atoms with Crippen LogP contribution >= 0.6 is 0 Å². The fourth-order valence-corrected chi connectivity index (χ4v) is 1.94. The third-order valence-corrected chi connectivity index (χ3v) is 3.13. The standard InChI is InChI=1S/C15H19N3O3/c1-3-13-16-17-14(21-13)10-18(9-8-15(19)20)12-6-4-11(2)5-7-12/h4-7H,3,8-10H2,1-2H3,(H,19,20). The molecule has 6 nitrogen and oxygen atoms in total. The quantitative estimate of drug-likeness (QED) is 0.843. The lowest BCUT2D eigenvalue weighted by Crippen LogP contribution is -2.25. The van der Waals surface area contributed by atoms with Crippen molar-refractivity contribution in [1.29, 1.82) is 0 Å². The zero-order valence-electron chi connectivity index (χ0n) is 12.2. The molecule has 1 heterocycles. The molecular weight excluding hydrogens is 270 g/mol. The predicted molar refractivity (Wildman–Crippen MR) is 78.2 cm³/mol. The van der Waals surface area contributed by atoms with Crippen LogP contribution in [0.2, 0.25) is 0 Å². The van der Waals surface area contributed by atoms with E-state index in [1.165, 1.54) is 0 Å². The Morgan fingerprint density at radius 1 is 1.24 bits per heavy atom. The highest BCUT2D eigenvalue weighted by Crippen LogP contribution is 2.18. The highest BCUT2D eigenvalue weighted by molar-refractivity contribution is 5.67. The third-order valence-electron chi connectivity index (χ3n) is 3.13. The van der Waals surface area contributed by atoms with Crippen LogP contribution < -0.4 is 4.90 Å². The Balaban J connectivity index is 2.14. The maximum Gasteiger partial charge on any atom is 0.305 e. The van der Waals surface area contributed by atoms with Gasteiger partial charge in [-0.15, -0.1) is 10.2 Å². The molecule has 0 saturated heterocycles. The first kappa shape index (κ1) is 15.0. The van der Waals surface area contributed by atoms with E-state index in [2.05, 4.69) is 10.2 Å². The summed E-state index contributed by atoms with van der Waals surface area (Å²) in [6.07, 6.45) is 0.745. The average Bonchev–Trinajstić information content (AvgIpc) is 2.92. The molecule has 0 unspecified atom stereocenters. The minimum absolute atomic E-state index is 0.0582. The molecule has 21 heavy (non-hydrogen) atoms. The molecule has 1 aromatic carbocycles. The monoisotopic (exact) mass is 289 g/mol. The second-order valence-electron chi connectivity index (χ2n) is 4.84. The molecule has 0 aliphatic rings. The van der Waals surface area contributed by atoms with E-state index in [-0.39, 0.29) is 6.42 Å². The third kappa shape index (κ3) is 4.30. The molecule has 0 radical (unpaired) electrons. The summed E-state index contributed by atoms with van der Waals surface area (Å²) in [5.41, 5.74) is 2.10. The first-order chi connectivity index (χ1) is 10.1. The van der Waals surface area contributed by atoms with Gasteiger partial charge in [0.15, 0.2) is 0 Å². The lowest BCUT2D eigenvalue weighted by Gasteiger charge is -2.22. The van der Waals surface area contributed by atoms with Gasteiger partial charge in [0.2, 0.25) is 11.8 Å². The molecule has 0 atom stereocenters. The van der Waals surface area contributed by atoms with Crippen molar-refractivity contribution in [3.8, 4) is 0 Å². The number of rotatable bonds is 7. The number of carboxylic acids is 1. The summed E-state index contributed by atoms with van der Waals surface area (Å²) in [6.45, 7) is 4.75. The summed E-state index contributed by atoms with van der Waals surface area (Å²) < 4.78 is 5.50. The number of aliphatic carboxylic acids is 1. The summed E-state index contributed by atoms with van der Waals surface area (Å²) >= 11 is 0. The minimum Gasteiger partial charge on any atom is -0.481 e. The maximum atomic E-state index is 10.8. The number of anilines is 1. The van der Waals surface area contributed by atoms with Crippen LogP contribution in [0.25, 0.3) is 0 Å². The number of benzene rings is 1. The summed E-state index contributed by atoms with van der Waals surface area (Å²) in [5.74, 6) is 0.261. The first-order valence-corrected chi connectivity index (χ1v) is 6.93. The van der Waals surface area contributed by atoms with E-state index in [0.29, 0.717) is 31.3 Å². The Bertz CT molecular complexity index is 592. The van der Waals surface area contributed by atoms with Crippen LogP contribution in [-0.2, 0) is 17.8 Å². The number of hydrogen-bond donors (Lipinski definition) is 1. The van der Waals surface area contributed by atoms with Crippen LogP contribution in [0.4, 0.5) is 5.69 Å². The predicted octanol–water partition coefficient (Wildman–Crippen LogP) is 2.42. The van der Waals surface area contributed by atoms with Crippen LogP contribution in [0, 0.1) is 6.92 Å². The maximum absolute atomic E-state index is 10.8. The second kappa shape index (κ2) is 6.88. The van der Waals surface area contributed by atoms with E-state index in [1.807, 2.05) is 43.0 Å².